The van der Waals surface area contributed by atoms with Gasteiger partial charge in [0, 0.05) is 11.3 Å². The van der Waals surface area contributed by atoms with Crippen LogP contribution >= 0.6 is 7.60 Å². The van der Waals surface area contributed by atoms with Crippen LogP contribution in [-0.2, 0) is 33.5 Å². The molecule has 6 rings (SSSR count). The maximum absolute atomic E-state index is 14.3. The number of carbonyl (C=O) groups is 2. The van der Waals surface area contributed by atoms with Crippen molar-refractivity contribution >= 4 is 40.3 Å². The van der Waals surface area contributed by atoms with Crippen molar-refractivity contribution in [3.63, 3.8) is 0 Å². The molecule has 280 valence electrons. The van der Waals surface area contributed by atoms with Gasteiger partial charge < -0.3 is 49.7 Å². The van der Waals surface area contributed by atoms with E-state index in [4.69, 9.17) is 9.47 Å². The second-order valence-electron chi connectivity index (χ2n) is 12.5. The molecule has 0 aliphatic carbocycles. The Kier molecular flexibility index (Phi) is 10.6. The Labute approximate surface area is 301 Å². The van der Waals surface area contributed by atoms with Gasteiger partial charge in [-0.15, -0.1) is 0 Å². The molecule has 18 heteroatoms. The van der Waals surface area contributed by atoms with Gasteiger partial charge in [-0.2, -0.15) is 0 Å². The fourth-order valence-corrected chi connectivity index (χ4v) is 8.86. The molecule has 2 unspecified atom stereocenters. The van der Waals surface area contributed by atoms with Crippen molar-refractivity contribution in [1.82, 2.24) is 0 Å². The Morgan fingerprint density at radius 3 is 2.09 bits per heavy atom. The topological polar surface area (TPSA) is 249 Å². The summed E-state index contributed by atoms with van der Waals surface area (Å²) in [7, 11) is -9.16. The lowest BCUT2D eigenvalue weighted by Crippen LogP contribution is -2.63. The van der Waals surface area contributed by atoms with E-state index in [0.717, 1.165) is 24.3 Å². The van der Waals surface area contributed by atoms with Gasteiger partial charge in [-0.3, -0.25) is 9.36 Å². The number of amides is 1. The third-order valence-electron chi connectivity index (χ3n) is 9.09. The van der Waals surface area contributed by atoms with Crippen LogP contribution in [0.15, 0.2) is 97.1 Å². The van der Waals surface area contributed by atoms with Crippen LogP contribution in [0.4, 0.5) is 10.1 Å². The lowest BCUT2D eigenvalue weighted by Gasteiger charge is -2.47. The van der Waals surface area contributed by atoms with Gasteiger partial charge in [0.1, 0.15) is 29.9 Å². The van der Waals surface area contributed by atoms with Crippen LogP contribution in [-0.4, -0.2) is 97.3 Å². The molecule has 8 atom stereocenters. The SMILES string of the molecule is O=C(O)C1O[C@@H](O[C@@H](CS(=O)(=O)[C@H]2C(=O)N(c3ccccc3)[C@@H]2c2ccc(-c3ccc(P(=O)(O)O)cc3)cc2O)c2ccc(F)cc2)C(O)[C@@H](O)[C@@H]1O. The second kappa shape index (κ2) is 14.7. The molecule has 2 aliphatic heterocycles. The molecule has 0 saturated carbocycles. The standard InChI is InChI=1S/C35H33FNO14PS/c36-21-11-6-19(7-12-21)26(50-35-30(41)28(39)29(40)31(51-35)34(43)44)17-53(48,49)32-27(37(33(32)42)22-4-2-1-3-5-22)24-15-10-20(16-25(24)38)18-8-13-23(14-9-18)52(45,46)47/h1-16,26-32,35,38-41H,17H2,(H,43,44)(H2,45,46,47)/t26-,27+,28-,29-,30?,31?,32+,35+/m0/s1. The monoisotopic (exact) mass is 773 g/mol. The number of para-hydroxylation sites is 1. The number of nitrogens with zero attached hydrogens (tertiary/aromatic N) is 1. The second-order valence-corrected chi connectivity index (χ2v) is 16.3. The highest BCUT2D eigenvalue weighted by molar-refractivity contribution is 7.93. The van der Waals surface area contributed by atoms with Gasteiger partial charge in [-0.25, -0.2) is 17.6 Å². The van der Waals surface area contributed by atoms with Crippen LogP contribution in [0.1, 0.15) is 23.3 Å². The van der Waals surface area contributed by atoms with Crippen LogP contribution in [0.3, 0.4) is 0 Å². The lowest BCUT2D eigenvalue weighted by molar-refractivity contribution is -0.303. The molecule has 0 spiro atoms. The van der Waals surface area contributed by atoms with Crippen molar-refractivity contribution in [3.8, 4) is 16.9 Å². The molecule has 4 aromatic rings. The quantitative estimate of drug-likeness (QED) is 0.0844. The molecule has 0 bridgehead atoms. The lowest BCUT2D eigenvalue weighted by atomic mass is 9.90. The summed E-state index contributed by atoms with van der Waals surface area (Å²) in [5.41, 5.74) is 1.22. The van der Waals surface area contributed by atoms with Crippen molar-refractivity contribution in [2.24, 2.45) is 0 Å². The summed E-state index contributed by atoms with van der Waals surface area (Å²) in [4.78, 5) is 45.6. The zero-order chi connectivity index (χ0) is 38.4. The fourth-order valence-electron chi connectivity index (χ4n) is 6.35. The van der Waals surface area contributed by atoms with E-state index in [9.17, 15) is 62.3 Å². The van der Waals surface area contributed by atoms with E-state index in [2.05, 4.69) is 0 Å². The Morgan fingerprint density at radius 2 is 1.51 bits per heavy atom. The third-order valence-corrected chi connectivity index (χ3v) is 12.1. The first-order chi connectivity index (χ1) is 25.0. The number of aliphatic hydroxyl groups excluding tert-OH is 3. The molecule has 4 aromatic carbocycles. The normalized spacial score (nSPS) is 25.4. The molecule has 2 saturated heterocycles. The van der Waals surface area contributed by atoms with Crippen LogP contribution < -0.4 is 10.2 Å². The molecular weight excluding hydrogens is 740 g/mol. The highest BCUT2D eigenvalue weighted by atomic mass is 32.2. The van der Waals surface area contributed by atoms with Crippen molar-refractivity contribution < 1.29 is 71.8 Å². The number of carboxylic acids is 1. The number of β-lactam (4-membered cyclic amide) rings is 1. The van der Waals surface area contributed by atoms with E-state index in [-0.39, 0.29) is 16.4 Å². The Hall–Kier alpha value is -4.55. The number of hydrogen-bond acceptors (Lipinski definition) is 11. The number of hydrogen-bond donors (Lipinski definition) is 7. The van der Waals surface area contributed by atoms with E-state index < -0.39 is 94.7 Å². The van der Waals surface area contributed by atoms with Crippen LogP contribution in [0.5, 0.6) is 5.75 Å². The number of aliphatic carboxylic acids is 1. The summed E-state index contributed by atoms with van der Waals surface area (Å²) in [6.07, 6.45) is -11.9. The number of ether oxygens (including phenoxy) is 2. The summed E-state index contributed by atoms with van der Waals surface area (Å²) < 4.78 is 65.1. The molecule has 0 aromatic heterocycles. The summed E-state index contributed by atoms with van der Waals surface area (Å²) in [5, 5.41) is 49.8. The average molecular weight is 774 g/mol. The average Bonchev–Trinajstić information content (AvgIpc) is 3.10. The highest BCUT2D eigenvalue weighted by Crippen LogP contribution is 2.47. The number of rotatable bonds is 11. The first-order valence-electron chi connectivity index (χ1n) is 15.9. The molecule has 2 heterocycles. The van der Waals surface area contributed by atoms with Gasteiger partial charge in [0.25, 0.3) is 0 Å². The number of sulfone groups is 1. The Balaban J connectivity index is 1.36. The molecule has 7 N–H and O–H groups in total. The van der Waals surface area contributed by atoms with Crippen molar-refractivity contribution in [3.05, 3.63) is 114 Å². The minimum Gasteiger partial charge on any atom is -0.508 e. The predicted octanol–water partition coefficient (Wildman–Crippen LogP) is 1.52. The van der Waals surface area contributed by atoms with Gasteiger partial charge in [-0.1, -0.05) is 54.6 Å². The van der Waals surface area contributed by atoms with Gasteiger partial charge in [0.2, 0.25) is 5.91 Å². The minimum atomic E-state index is -4.65. The maximum Gasteiger partial charge on any atom is 0.356 e. The molecular formula is C35H33FNO14PS. The van der Waals surface area contributed by atoms with Gasteiger partial charge in [-0.05, 0) is 59.2 Å². The van der Waals surface area contributed by atoms with Crippen LogP contribution in [0.2, 0.25) is 0 Å². The van der Waals surface area contributed by atoms with E-state index >= 15 is 0 Å². The van der Waals surface area contributed by atoms with E-state index in [0.29, 0.717) is 16.8 Å². The first kappa shape index (κ1) is 38.2. The Bertz CT molecular complexity index is 2150. The first-order valence-corrected chi connectivity index (χ1v) is 19.2. The third kappa shape index (κ3) is 7.62. The number of anilines is 1. The summed E-state index contributed by atoms with van der Waals surface area (Å²) >= 11 is 0. The van der Waals surface area contributed by atoms with Crippen LogP contribution in [0, 0.1) is 5.82 Å². The number of carbonyl (C=O) groups excluding carboxylic acids is 1. The number of halogens is 1. The summed E-state index contributed by atoms with van der Waals surface area (Å²) in [6.45, 7) is 0. The number of benzene rings is 4. The van der Waals surface area contributed by atoms with Crippen molar-refractivity contribution in [2.75, 3.05) is 10.7 Å². The predicted molar refractivity (Wildman–Crippen MR) is 184 cm³/mol. The largest absolute Gasteiger partial charge is 0.508 e. The van der Waals surface area contributed by atoms with Gasteiger partial charge in [0.05, 0.1) is 23.2 Å². The zero-order valence-corrected chi connectivity index (χ0v) is 28.9. The van der Waals surface area contributed by atoms with Gasteiger partial charge >= 0.3 is 13.6 Å². The summed E-state index contributed by atoms with van der Waals surface area (Å²) in [6, 6.07) is 20.6. The molecule has 2 aliphatic rings. The number of phenolic OH excluding ortho intramolecular Hbond substituents is 1. The Morgan fingerprint density at radius 1 is 0.887 bits per heavy atom. The number of aliphatic hydroxyl groups is 3. The maximum atomic E-state index is 14.3. The molecule has 2 fully saturated rings. The fraction of sp³-hybridized carbons (Fsp3) is 0.257. The molecule has 1 amide bonds. The molecule has 53 heavy (non-hydrogen) atoms. The number of phenols is 1. The number of aromatic hydroxyl groups is 1. The van der Waals surface area contributed by atoms with E-state index in [1.807, 2.05) is 0 Å². The molecule has 15 nitrogen and oxygen atoms in total. The van der Waals surface area contributed by atoms with Crippen molar-refractivity contribution in [1.29, 1.82) is 0 Å². The van der Waals surface area contributed by atoms with Crippen LogP contribution in [0.25, 0.3) is 11.1 Å². The number of carboxylic acid groups (broad SMARTS) is 1. The highest BCUT2D eigenvalue weighted by Gasteiger charge is 2.57. The minimum absolute atomic E-state index is 0.0125. The summed E-state index contributed by atoms with van der Waals surface area (Å²) in [5.74, 6) is -4.69. The van der Waals surface area contributed by atoms with Crippen molar-refractivity contribution in [2.45, 2.75) is 48.1 Å². The molecule has 0 radical (unpaired) electrons. The smallest absolute Gasteiger partial charge is 0.356 e. The zero-order valence-electron chi connectivity index (χ0n) is 27.2. The van der Waals surface area contributed by atoms with E-state index in [1.54, 1.807) is 30.3 Å². The van der Waals surface area contributed by atoms with Gasteiger partial charge in [0.15, 0.2) is 27.5 Å². The van der Waals surface area contributed by atoms with E-state index in [1.165, 1.54) is 47.4 Å².